The smallest absolute Gasteiger partial charge is 0.340 e. The van der Waals surface area contributed by atoms with Gasteiger partial charge in [-0.2, -0.15) is 4.98 Å². The Hall–Kier alpha value is -3.33. The first-order valence-corrected chi connectivity index (χ1v) is 7.51. The number of hydrogen-bond donors (Lipinski definition) is 0. The summed E-state index contributed by atoms with van der Waals surface area (Å²) in [6.45, 7) is -0.319. The Kier molecular flexibility index (Phi) is 4.90. The standard InChI is InChI=1S/C16H9ClFN3O5/c17-13-7-11(21(23)24)5-6-12(13)16(22)25-8-14-19-15(20-26-14)9-1-3-10(18)4-2-9/h1-7H,8H2. The number of nitro groups is 1. The van der Waals surface area contributed by atoms with E-state index in [-0.39, 0.29) is 34.6 Å². The number of hydrogen-bond acceptors (Lipinski definition) is 7. The second-order valence-electron chi connectivity index (χ2n) is 5.02. The van der Waals surface area contributed by atoms with Crippen molar-refractivity contribution >= 4 is 23.3 Å². The summed E-state index contributed by atoms with van der Waals surface area (Å²) in [6.07, 6.45) is 0. The van der Waals surface area contributed by atoms with E-state index in [1.807, 2.05) is 0 Å². The van der Waals surface area contributed by atoms with Gasteiger partial charge in [-0.3, -0.25) is 10.1 Å². The van der Waals surface area contributed by atoms with Crippen molar-refractivity contribution in [3.8, 4) is 11.4 Å². The molecular weight excluding hydrogens is 369 g/mol. The minimum atomic E-state index is -0.800. The number of rotatable bonds is 5. The molecular formula is C16H9ClFN3O5. The molecule has 2 aromatic carbocycles. The predicted molar refractivity (Wildman–Crippen MR) is 86.9 cm³/mol. The van der Waals surface area contributed by atoms with Crippen LogP contribution in [0.4, 0.5) is 10.1 Å². The second kappa shape index (κ2) is 7.28. The van der Waals surface area contributed by atoms with E-state index in [2.05, 4.69) is 10.1 Å². The molecule has 3 rings (SSSR count). The maximum atomic E-state index is 12.9. The van der Waals surface area contributed by atoms with E-state index >= 15 is 0 Å². The molecule has 0 unspecified atom stereocenters. The van der Waals surface area contributed by atoms with Gasteiger partial charge < -0.3 is 9.26 Å². The third kappa shape index (κ3) is 3.83. The molecule has 0 atom stereocenters. The van der Waals surface area contributed by atoms with Crippen LogP contribution in [-0.2, 0) is 11.3 Å². The molecule has 0 fully saturated rings. The second-order valence-corrected chi connectivity index (χ2v) is 5.42. The topological polar surface area (TPSA) is 108 Å². The molecule has 1 aromatic heterocycles. The van der Waals surface area contributed by atoms with Crippen molar-refractivity contribution in [1.82, 2.24) is 10.1 Å². The maximum Gasteiger partial charge on any atom is 0.340 e. The molecule has 0 saturated carbocycles. The number of nitrogens with zero attached hydrogens (tertiary/aromatic N) is 3. The van der Waals surface area contributed by atoms with E-state index in [1.54, 1.807) is 0 Å². The number of non-ortho nitro benzene ring substituents is 1. The fourth-order valence-electron chi connectivity index (χ4n) is 2.02. The zero-order chi connectivity index (χ0) is 18.7. The summed E-state index contributed by atoms with van der Waals surface area (Å²) >= 11 is 5.86. The molecule has 0 spiro atoms. The first-order chi connectivity index (χ1) is 12.4. The normalized spacial score (nSPS) is 10.5. The van der Waals surface area contributed by atoms with Crippen LogP contribution in [0.5, 0.6) is 0 Å². The van der Waals surface area contributed by atoms with Gasteiger partial charge in [-0.15, -0.1) is 0 Å². The van der Waals surface area contributed by atoms with Crippen LogP contribution < -0.4 is 0 Å². The molecule has 8 nitrogen and oxygen atoms in total. The van der Waals surface area contributed by atoms with Crippen molar-refractivity contribution < 1.29 is 23.4 Å². The van der Waals surface area contributed by atoms with Crippen molar-refractivity contribution in [2.24, 2.45) is 0 Å². The number of nitro benzene ring substituents is 1. The summed E-state index contributed by atoms with van der Waals surface area (Å²) in [5, 5.41) is 14.3. The lowest BCUT2D eigenvalue weighted by atomic mass is 10.2. The van der Waals surface area contributed by atoms with Crippen LogP contribution >= 0.6 is 11.6 Å². The third-order valence-corrected chi connectivity index (χ3v) is 3.59. The van der Waals surface area contributed by atoms with Gasteiger partial charge in [0, 0.05) is 17.7 Å². The molecule has 0 saturated heterocycles. The highest BCUT2D eigenvalue weighted by Crippen LogP contribution is 2.23. The summed E-state index contributed by atoms with van der Waals surface area (Å²) in [7, 11) is 0. The number of aromatic nitrogens is 2. The van der Waals surface area contributed by atoms with Gasteiger partial charge in [0.05, 0.1) is 15.5 Å². The minimum absolute atomic E-state index is 0.0238. The molecule has 132 valence electrons. The van der Waals surface area contributed by atoms with Gasteiger partial charge >= 0.3 is 5.97 Å². The van der Waals surface area contributed by atoms with E-state index < -0.39 is 16.7 Å². The molecule has 3 aromatic rings. The Bertz CT molecular complexity index is 974. The monoisotopic (exact) mass is 377 g/mol. The Morgan fingerprint density at radius 2 is 2.00 bits per heavy atom. The number of ether oxygens (including phenoxy) is 1. The van der Waals surface area contributed by atoms with E-state index in [4.69, 9.17) is 20.9 Å². The Morgan fingerprint density at radius 3 is 2.65 bits per heavy atom. The van der Waals surface area contributed by atoms with E-state index in [0.29, 0.717) is 5.56 Å². The number of carbonyl (C=O) groups excluding carboxylic acids is 1. The summed E-state index contributed by atoms with van der Waals surface area (Å²) in [4.78, 5) is 26.1. The largest absolute Gasteiger partial charge is 0.452 e. The molecule has 0 radical (unpaired) electrons. The van der Waals surface area contributed by atoms with Crippen LogP contribution in [0.15, 0.2) is 47.0 Å². The van der Waals surface area contributed by atoms with Gasteiger partial charge in [-0.05, 0) is 30.3 Å². The molecule has 0 aliphatic rings. The highest BCUT2D eigenvalue weighted by molar-refractivity contribution is 6.33. The Balaban J connectivity index is 1.67. The lowest BCUT2D eigenvalue weighted by molar-refractivity contribution is -0.384. The fourth-order valence-corrected chi connectivity index (χ4v) is 2.27. The maximum absolute atomic E-state index is 12.9. The summed E-state index contributed by atoms with van der Waals surface area (Å²) in [6, 6.07) is 8.85. The van der Waals surface area contributed by atoms with Crippen LogP contribution in [0.25, 0.3) is 11.4 Å². The van der Waals surface area contributed by atoms with Gasteiger partial charge in [-0.25, -0.2) is 9.18 Å². The van der Waals surface area contributed by atoms with Crippen molar-refractivity contribution in [2.75, 3.05) is 0 Å². The van der Waals surface area contributed by atoms with Crippen molar-refractivity contribution in [2.45, 2.75) is 6.61 Å². The quantitative estimate of drug-likeness (QED) is 0.378. The van der Waals surface area contributed by atoms with E-state index in [1.165, 1.54) is 30.3 Å². The fraction of sp³-hybridized carbons (Fsp3) is 0.0625. The van der Waals surface area contributed by atoms with Gasteiger partial charge in [0.25, 0.3) is 11.6 Å². The molecule has 0 aliphatic carbocycles. The summed E-state index contributed by atoms with van der Waals surface area (Å²) in [5.74, 6) is -0.960. The molecule has 0 N–H and O–H groups in total. The first kappa shape index (κ1) is 17.5. The van der Waals surface area contributed by atoms with Crippen molar-refractivity contribution in [1.29, 1.82) is 0 Å². The van der Waals surface area contributed by atoms with Crippen molar-refractivity contribution in [3.63, 3.8) is 0 Å². The van der Waals surface area contributed by atoms with Gasteiger partial charge in [0.15, 0.2) is 6.61 Å². The number of halogens is 2. The first-order valence-electron chi connectivity index (χ1n) is 7.13. The Labute approximate surface area is 150 Å². The van der Waals surface area contributed by atoms with Gasteiger partial charge in [-0.1, -0.05) is 16.8 Å². The average Bonchev–Trinajstić information content (AvgIpc) is 3.09. The van der Waals surface area contributed by atoms with Gasteiger partial charge in [0.2, 0.25) is 5.82 Å². The minimum Gasteiger partial charge on any atom is -0.452 e. The zero-order valence-electron chi connectivity index (χ0n) is 12.9. The summed E-state index contributed by atoms with van der Waals surface area (Å²) < 4.78 is 22.9. The highest BCUT2D eigenvalue weighted by atomic mass is 35.5. The van der Waals surface area contributed by atoms with E-state index in [9.17, 15) is 19.3 Å². The Morgan fingerprint density at radius 1 is 1.27 bits per heavy atom. The predicted octanol–water partition coefficient (Wildman–Crippen LogP) is 3.79. The zero-order valence-corrected chi connectivity index (χ0v) is 13.6. The van der Waals surface area contributed by atoms with Crippen LogP contribution in [0.2, 0.25) is 5.02 Å². The molecule has 0 aliphatic heterocycles. The third-order valence-electron chi connectivity index (χ3n) is 3.28. The van der Waals surface area contributed by atoms with Crippen molar-refractivity contribution in [3.05, 3.63) is 74.9 Å². The lowest BCUT2D eigenvalue weighted by Gasteiger charge is -2.03. The average molecular weight is 378 g/mol. The van der Waals surface area contributed by atoms with Crippen LogP contribution in [0.3, 0.4) is 0 Å². The van der Waals surface area contributed by atoms with Gasteiger partial charge in [0.1, 0.15) is 5.82 Å². The number of carbonyl (C=O) groups is 1. The molecule has 26 heavy (non-hydrogen) atoms. The molecule has 10 heteroatoms. The number of esters is 1. The lowest BCUT2D eigenvalue weighted by Crippen LogP contribution is -2.06. The van der Waals surface area contributed by atoms with Crippen LogP contribution in [-0.4, -0.2) is 21.0 Å². The van der Waals surface area contributed by atoms with Crippen LogP contribution in [0, 0.1) is 15.9 Å². The molecule has 1 heterocycles. The molecule has 0 bridgehead atoms. The summed E-state index contributed by atoms with van der Waals surface area (Å²) in [5.41, 5.74) is 0.258. The highest BCUT2D eigenvalue weighted by Gasteiger charge is 2.17. The molecule has 0 amide bonds. The number of benzene rings is 2. The SMILES string of the molecule is O=C(OCc1nc(-c2ccc(F)cc2)no1)c1ccc([N+](=O)[O-])cc1Cl. The van der Waals surface area contributed by atoms with E-state index in [0.717, 1.165) is 12.1 Å². The van der Waals surface area contributed by atoms with Crippen LogP contribution in [0.1, 0.15) is 16.2 Å².